The van der Waals surface area contributed by atoms with Crippen molar-refractivity contribution in [1.29, 1.82) is 0 Å². The topological polar surface area (TPSA) is 83.5 Å². The van der Waals surface area contributed by atoms with Crippen LogP contribution in [-0.4, -0.2) is 18.9 Å². The number of allylic oxidation sites excluding steroid dienone is 1. The summed E-state index contributed by atoms with van der Waals surface area (Å²) in [6, 6.07) is 4.88. The second-order valence-electron chi connectivity index (χ2n) is 5.35. The Morgan fingerprint density at radius 1 is 1.04 bits per heavy atom. The van der Waals surface area contributed by atoms with Crippen molar-refractivity contribution in [2.45, 2.75) is 56.3 Å². The van der Waals surface area contributed by atoms with Crippen LogP contribution in [0.5, 0.6) is 5.75 Å². The van der Waals surface area contributed by atoms with Gasteiger partial charge in [0, 0.05) is 6.42 Å². The second-order valence-corrected chi connectivity index (χ2v) is 6.73. The van der Waals surface area contributed by atoms with Crippen LogP contribution in [0.4, 0.5) is 0 Å². The quantitative estimate of drug-likeness (QED) is 0.145. The first-order chi connectivity index (χ1) is 10.9. The monoisotopic (exact) mass is 362 g/mol. The molecule has 0 N–H and O–H groups in total. The molecule has 0 unspecified atom stereocenters. The molecular weight excluding hydrogens is 339 g/mol. The zero-order valence-corrected chi connectivity index (χ0v) is 17.0. The first-order valence-corrected chi connectivity index (χ1v) is 9.22. The summed E-state index contributed by atoms with van der Waals surface area (Å²) >= 11 is 0. The van der Waals surface area contributed by atoms with E-state index in [0.29, 0.717) is 6.42 Å². The van der Waals surface area contributed by atoms with E-state index in [1.807, 2.05) is 6.08 Å². The number of carbonyl (C=O) groups excluding carboxylic acids is 1. The number of hydrogen-bond donors (Lipinski definition) is 0. The Bertz CT molecular complexity index is 596. The van der Waals surface area contributed by atoms with Gasteiger partial charge in [0.2, 0.25) is 0 Å². The summed E-state index contributed by atoms with van der Waals surface area (Å²) in [6.45, 7) is 3.68. The van der Waals surface area contributed by atoms with Crippen LogP contribution in [0.1, 0.15) is 51.4 Å². The Morgan fingerprint density at radius 3 is 2.12 bits per heavy atom. The zero-order valence-electron chi connectivity index (χ0n) is 14.2. The number of ether oxygens (including phenoxy) is 1. The van der Waals surface area contributed by atoms with E-state index in [1.54, 1.807) is 0 Å². The minimum absolute atomic E-state index is 0. The number of rotatable bonds is 11. The molecule has 0 amide bonds. The summed E-state index contributed by atoms with van der Waals surface area (Å²) in [4.78, 5) is 11.3. The molecule has 24 heavy (non-hydrogen) atoms. The Kier molecular flexibility index (Phi) is 12.3. The zero-order chi connectivity index (χ0) is 17.1. The average Bonchev–Trinajstić information content (AvgIpc) is 2.49. The van der Waals surface area contributed by atoms with Crippen LogP contribution in [0.25, 0.3) is 0 Å². The molecule has 0 aliphatic carbocycles. The summed E-state index contributed by atoms with van der Waals surface area (Å²) in [6.07, 6.45) is 9.67. The molecule has 128 valence electrons. The van der Waals surface area contributed by atoms with E-state index in [0.717, 1.165) is 44.2 Å². The first-order valence-electron chi connectivity index (χ1n) is 7.81. The number of carbonyl (C=O) groups is 1. The third-order valence-corrected chi connectivity index (χ3v) is 4.23. The summed E-state index contributed by atoms with van der Waals surface area (Å²) in [5.41, 5.74) is 0. The summed E-state index contributed by atoms with van der Waals surface area (Å²) < 4.78 is 37.4. The standard InChI is InChI=1S/C17H24O5S.Na/c1-2-3-4-5-6-7-8-9-10-17(18)22-15-11-13-16(14-12-15)23(19,20)21;/h2,11-14H,1,3-10H2,(H,19,20,21);/q;+1/p-1. The van der Waals surface area contributed by atoms with E-state index in [-0.39, 0.29) is 46.2 Å². The van der Waals surface area contributed by atoms with Gasteiger partial charge in [0.05, 0.1) is 4.90 Å². The minimum atomic E-state index is -4.47. The molecule has 0 bridgehead atoms. The van der Waals surface area contributed by atoms with Gasteiger partial charge in [-0.05, 0) is 43.5 Å². The number of unbranched alkanes of at least 4 members (excludes halogenated alkanes) is 6. The summed E-state index contributed by atoms with van der Waals surface area (Å²) in [5, 5.41) is 0. The predicted molar refractivity (Wildman–Crippen MR) is 87.2 cm³/mol. The van der Waals surface area contributed by atoms with Gasteiger partial charge in [0.25, 0.3) is 0 Å². The van der Waals surface area contributed by atoms with Gasteiger partial charge in [0.1, 0.15) is 15.9 Å². The van der Waals surface area contributed by atoms with Crippen molar-refractivity contribution in [3.8, 4) is 5.75 Å². The van der Waals surface area contributed by atoms with E-state index < -0.39 is 10.1 Å². The van der Waals surface area contributed by atoms with Crippen LogP contribution < -0.4 is 34.3 Å². The molecule has 0 fully saturated rings. The van der Waals surface area contributed by atoms with Crippen LogP contribution in [-0.2, 0) is 14.9 Å². The minimum Gasteiger partial charge on any atom is -0.744 e. The molecular formula is C17H23NaO5S. The molecule has 0 atom stereocenters. The van der Waals surface area contributed by atoms with Gasteiger partial charge < -0.3 is 9.29 Å². The van der Waals surface area contributed by atoms with Crippen LogP contribution in [0, 0.1) is 0 Å². The van der Waals surface area contributed by atoms with Crippen LogP contribution >= 0.6 is 0 Å². The van der Waals surface area contributed by atoms with E-state index in [4.69, 9.17) is 4.74 Å². The average molecular weight is 362 g/mol. The fourth-order valence-corrected chi connectivity index (χ4v) is 2.59. The van der Waals surface area contributed by atoms with Crippen molar-refractivity contribution in [1.82, 2.24) is 0 Å². The van der Waals surface area contributed by atoms with Gasteiger partial charge in [-0.15, -0.1) is 6.58 Å². The largest absolute Gasteiger partial charge is 1.00 e. The van der Waals surface area contributed by atoms with Crippen molar-refractivity contribution in [3.05, 3.63) is 36.9 Å². The maximum atomic E-state index is 11.7. The summed E-state index contributed by atoms with van der Waals surface area (Å²) in [5.74, 6) is -0.110. The Labute approximate surface area is 166 Å². The smallest absolute Gasteiger partial charge is 0.744 e. The van der Waals surface area contributed by atoms with Crippen molar-refractivity contribution in [2.24, 2.45) is 0 Å². The fourth-order valence-electron chi connectivity index (χ4n) is 2.12. The van der Waals surface area contributed by atoms with Crippen LogP contribution in [0.3, 0.4) is 0 Å². The van der Waals surface area contributed by atoms with Gasteiger partial charge in [-0.2, -0.15) is 0 Å². The molecule has 0 aliphatic heterocycles. The van der Waals surface area contributed by atoms with Gasteiger partial charge in [-0.25, -0.2) is 8.42 Å². The third kappa shape index (κ3) is 10.3. The molecule has 1 aromatic rings. The van der Waals surface area contributed by atoms with Crippen molar-refractivity contribution < 1.29 is 52.1 Å². The third-order valence-electron chi connectivity index (χ3n) is 3.38. The summed E-state index contributed by atoms with van der Waals surface area (Å²) in [7, 11) is -4.47. The Hall–Kier alpha value is -0.660. The van der Waals surface area contributed by atoms with E-state index in [9.17, 15) is 17.8 Å². The van der Waals surface area contributed by atoms with Crippen LogP contribution in [0.2, 0.25) is 0 Å². The van der Waals surface area contributed by atoms with Gasteiger partial charge in [-0.1, -0.05) is 31.8 Å². The molecule has 0 saturated heterocycles. The SMILES string of the molecule is C=CCCCCCCCCC(=O)Oc1ccc(S(=O)(=O)[O-])cc1.[Na+]. The molecule has 7 heteroatoms. The van der Waals surface area contributed by atoms with Crippen molar-refractivity contribution in [3.63, 3.8) is 0 Å². The molecule has 1 rings (SSSR count). The predicted octanol–water partition coefficient (Wildman–Crippen LogP) is 0.807. The molecule has 0 aromatic heterocycles. The molecule has 0 radical (unpaired) electrons. The Morgan fingerprint density at radius 2 is 1.58 bits per heavy atom. The molecule has 1 aromatic carbocycles. The molecule has 0 saturated carbocycles. The second kappa shape index (κ2) is 12.7. The van der Waals surface area contributed by atoms with E-state index in [2.05, 4.69) is 6.58 Å². The normalized spacial score (nSPS) is 10.7. The van der Waals surface area contributed by atoms with Crippen molar-refractivity contribution in [2.75, 3.05) is 0 Å². The fraction of sp³-hybridized carbons (Fsp3) is 0.471. The maximum absolute atomic E-state index is 11.7. The maximum Gasteiger partial charge on any atom is 1.00 e. The van der Waals surface area contributed by atoms with Crippen molar-refractivity contribution >= 4 is 16.1 Å². The van der Waals surface area contributed by atoms with Crippen LogP contribution in [0.15, 0.2) is 41.8 Å². The number of benzene rings is 1. The molecule has 5 nitrogen and oxygen atoms in total. The van der Waals surface area contributed by atoms with Gasteiger partial charge in [0.15, 0.2) is 0 Å². The van der Waals surface area contributed by atoms with E-state index in [1.165, 1.54) is 25.0 Å². The molecule has 0 spiro atoms. The number of hydrogen-bond acceptors (Lipinski definition) is 5. The van der Waals surface area contributed by atoms with Gasteiger partial charge >= 0.3 is 35.5 Å². The van der Waals surface area contributed by atoms with E-state index >= 15 is 0 Å². The first kappa shape index (κ1) is 23.3. The molecule has 0 aliphatic rings. The number of esters is 1. The van der Waals surface area contributed by atoms with Gasteiger partial charge in [-0.3, -0.25) is 4.79 Å². The molecule has 0 heterocycles. The Balaban J connectivity index is 0.00000529.